The molecule has 9 heteroatoms. The van der Waals surface area contributed by atoms with Crippen molar-refractivity contribution in [3.63, 3.8) is 0 Å². The molecule has 4 rings (SSSR count). The molecule has 1 aliphatic rings. The summed E-state index contributed by atoms with van der Waals surface area (Å²) in [7, 11) is 0. The Hall–Kier alpha value is -3.98. The van der Waals surface area contributed by atoms with E-state index in [-0.39, 0.29) is 30.5 Å². The van der Waals surface area contributed by atoms with E-state index in [1.165, 1.54) is 12.3 Å². The van der Waals surface area contributed by atoms with Crippen molar-refractivity contribution in [3.8, 4) is 11.3 Å². The predicted octanol–water partition coefficient (Wildman–Crippen LogP) is 3.71. The Morgan fingerprint density at radius 2 is 1.63 bits per heavy atom. The number of carboxylic acids is 1. The molecule has 0 fully saturated rings. The number of aliphatic carboxylic acids is 1. The Balaban J connectivity index is 1.35. The highest BCUT2D eigenvalue weighted by Crippen LogP contribution is 2.25. The predicted molar refractivity (Wildman–Crippen MR) is 121 cm³/mol. The number of hydrogen-bond acceptors (Lipinski definition) is 5. The third-order valence-electron chi connectivity index (χ3n) is 6.09. The summed E-state index contributed by atoms with van der Waals surface area (Å²) < 4.78 is 26.6. The number of aliphatic hydroxyl groups is 1. The number of carbonyl (C=O) groups excluding carboxylic acids is 2. The number of amides is 2. The summed E-state index contributed by atoms with van der Waals surface area (Å²) in [6.45, 7) is -0.120. The number of pyridine rings is 1. The lowest BCUT2D eigenvalue weighted by atomic mass is 9.93. The first-order chi connectivity index (χ1) is 16.8. The number of benzene rings is 2. The molecule has 1 aromatic heterocycles. The average Bonchev–Trinajstić information content (AvgIpc) is 3.09. The molecule has 2 amide bonds. The number of imide groups is 1. The van der Waals surface area contributed by atoms with Crippen molar-refractivity contribution in [1.29, 1.82) is 0 Å². The number of aliphatic hydroxyl groups excluding tert-OH is 1. The summed E-state index contributed by atoms with van der Waals surface area (Å²) in [6, 6.07) is 13.2. The van der Waals surface area contributed by atoms with Crippen LogP contribution in [0.15, 0.2) is 60.8 Å². The van der Waals surface area contributed by atoms with Gasteiger partial charge in [-0.3, -0.25) is 24.3 Å². The molecule has 2 heterocycles. The Morgan fingerprint density at radius 1 is 0.943 bits per heavy atom. The van der Waals surface area contributed by atoms with Gasteiger partial charge in [-0.25, -0.2) is 8.78 Å². The standard InChI is InChI=1S/C26H22F2N2O5/c27-20-8-7-16(13-21(20)28)22-9-5-15(14-29-22)6-10-23(31)19(26(34)35)11-12-30-24(32)17-3-1-2-4-18(17)25(30)33/h1-5,7-9,13-14,19,23,31H,6,10-12H2,(H,34,35)/t19-,23+/m0/s1. The highest BCUT2D eigenvalue weighted by Gasteiger charge is 2.36. The topological polar surface area (TPSA) is 108 Å². The quantitative estimate of drug-likeness (QED) is 0.452. The summed E-state index contributed by atoms with van der Waals surface area (Å²) in [6.07, 6.45) is 0.662. The van der Waals surface area contributed by atoms with Crippen LogP contribution in [-0.2, 0) is 11.2 Å². The van der Waals surface area contributed by atoms with Gasteiger partial charge in [0.25, 0.3) is 11.8 Å². The molecule has 35 heavy (non-hydrogen) atoms. The molecule has 0 unspecified atom stereocenters. The Morgan fingerprint density at radius 3 is 2.20 bits per heavy atom. The zero-order valence-electron chi connectivity index (χ0n) is 18.5. The summed E-state index contributed by atoms with van der Waals surface area (Å²) in [5.74, 6) is -5.27. The van der Waals surface area contributed by atoms with Gasteiger partial charge in [-0.05, 0) is 61.2 Å². The van der Waals surface area contributed by atoms with Gasteiger partial charge in [-0.1, -0.05) is 18.2 Å². The van der Waals surface area contributed by atoms with Crippen LogP contribution in [0.1, 0.15) is 39.1 Å². The van der Waals surface area contributed by atoms with Gasteiger partial charge in [0.15, 0.2) is 11.6 Å². The fourth-order valence-corrected chi connectivity index (χ4v) is 4.11. The van der Waals surface area contributed by atoms with Gasteiger partial charge in [0.2, 0.25) is 0 Å². The first-order valence-corrected chi connectivity index (χ1v) is 11.0. The van der Waals surface area contributed by atoms with Crippen LogP contribution in [0.2, 0.25) is 0 Å². The van der Waals surface area contributed by atoms with Crippen LogP contribution in [0.3, 0.4) is 0 Å². The molecule has 2 atom stereocenters. The van der Waals surface area contributed by atoms with E-state index in [9.17, 15) is 33.4 Å². The number of rotatable bonds is 9. The molecule has 2 aromatic carbocycles. The molecule has 0 saturated heterocycles. The highest BCUT2D eigenvalue weighted by molar-refractivity contribution is 6.21. The second-order valence-corrected chi connectivity index (χ2v) is 8.33. The van der Waals surface area contributed by atoms with Crippen molar-refractivity contribution >= 4 is 17.8 Å². The second-order valence-electron chi connectivity index (χ2n) is 8.33. The van der Waals surface area contributed by atoms with Crippen molar-refractivity contribution in [2.75, 3.05) is 6.54 Å². The minimum atomic E-state index is -1.22. The number of aryl methyl sites for hydroxylation is 1. The molecular weight excluding hydrogens is 458 g/mol. The SMILES string of the molecule is O=C(O)[C@@H](CCN1C(=O)c2ccccc2C1=O)[C@H](O)CCc1ccc(-c2ccc(F)c(F)c2)nc1. The Kier molecular flexibility index (Phi) is 6.97. The first kappa shape index (κ1) is 24.2. The molecule has 180 valence electrons. The molecule has 0 bridgehead atoms. The van der Waals surface area contributed by atoms with E-state index in [1.807, 2.05) is 0 Å². The molecule has 2 N–H and O–H groups in total. The van der Waals surface area contributed by atoms with Crippen molar-refractivity contribution in [1.82, 2.24) is 9.88 Å². The highest BCUT2D eigenvalue weighted by atomic mass is 19.2. The fraction of sp³-hybridized carbons (Fsp3) is 0.231. The Bertz CT molecular complexity index is 1240. The van der Waals surface area contributed by atoms with Crippen LogP contribution in [0, 0.1) is 17.6 Å². The molecule has 0 saturated carbocycles. The minimum absolute atomic E-state index is 0.0880. The number of fused-ring (bicyclic) bond motifs is 1. The largest absolute Gasteiger partial charge is 0.481 e. The minimum Gasteiger partial charge on any atom is -0.481 e. The summed E-state index contributed by atoms with van der Waals surface area (Å²) in [4.78, 5) is 42.0. The van der Waals surface area contributed by atoms with E-state index in [2.05, 4.69) is 4.98 Å². The molecule has 0 spiro atoms. The van der Waals surface area contributed by atoms with Crippen LogP contribution in [-0.4, -0.2) is 50.5 Å². The zero-order chi connectivity index (χ0) is 25.1. The maximum absolute atomic E-state index is 13.4. The maximum atomic E-state index is 13.4. The van der Waals surface area contributed by atoms with Gasteiger partial charge in [0, 0.05) is 18.3 Å². The van der Waals surface area contributed by atoms with Crippen LogP contribution < -0.4 is 0 Å². The van der Waals surface area contributed by atoms with E-state index in [4.69, 9.17) is 0 Å². The fourth-order valence-electron chi connectivity index (χ4n) is 4.11. The van der Waals surface area contributed by atoms with Gasteiger partial charge in [0.1, 0.15) is 0 Å². The van der Waals surface area contributed by atoms with Crippen molar-refractivity contribution in [2.24, 2.45) is 5.92 Å². The van der Waals surface area contributed by atoms with Crippen molar-refractivity contribution < 1.29 is 33.4 Å². The van der Waals surface area contributed by atoms with Crippen LogP contribution >= 0.6 is 0 Å². The van der Waals surface area contributed by atoms with Crippen molar-refractivity contribution in [3.05, 3.63) is 89.1 Å². The van der Waals surface area contributed by atoms with E-state index in [0.717, 1.165) is 22.6 Å². The van der Waals surface area contributed by atoms with E-state index >= 15 is 0 Å². The lowest BCUT2D eigenvalue weighted by Crippen LogP contribution is -2.36. The third kappa shape index (κ3) is 5.09. The van der Waals surface area contributed by atoms with Gasteiger partial charge >= 0.3 is 5.97 Å². The number of halogens is 2. The van der Waals surface area contributed by atoms with Crippen LogP contribution in [0.4, 0.5) is 8.78 Å². The third-order valence-corrected chi connectivity index (χ3v) is 6.09. The van der Waals surface area contributed by atoms with E-state index in [1.54, 1.807) is 36.4 Å². The van der Waals surface area contributed by atoms with E-state index < -0.39 is 41.4 Å². The Labute approximate surface area is 199 Å². The molecule has 0 aliphatic carbocycles. The number of nitrogens with zero attached hydrogens (tertiary/aromatic N) is 2. The number of carbonyl (C=O) groups is 3. The molecule has 3 aromatic rings. The monoisotopic (exact) mass is 480 g/mol. The summed E-state index contributed by atoms with van der Waals surface area (Å²) >= 11 is 0. The van der Waals surface area contributed by atoms with Gasteiger partial charge in [0.05, 0.1) is 28.8 Å². The average molecular weight is 480 g/mol. The summed E-state index contributed by atoms with van der Waals surface area (Å²) in [5.41, 5.74) is 2.14. The zero-order valence-corrected chi connectivity index (χ0v) is 18.5. The number of carboxylic acid groups (broad SMARTS) is 1. The molecule has 0 radical (unpaired) electrons. The van der Waals surface area contributed by atoms with Gasteiger partial charge in [-0.15, -0.1) is 0 Å². The molecule has 7 nitrogen and oxygen atoms in total. The van der Waals surface area contributed by atoms with Crippen molar-refractivity contribution in [2.45, 2.75) is 25.4 Å². The number of hydrogen-bond donors (Lipinski definition) is 2. The van der Waals surface area contributed by atoms with Gasteiger partial charge < -0.3 is 10.2 Å². The molecular formula is C26H22F2N2O5. The lowest BCUT2D eigenvalue weighted by molar-refractivity contribution is -0.146. The molecule has 1 aliphatic heterocycles. The summed E-state index contributed by atoms with van der Waals surface area (Å²) in [5, 5.41) is 20.1. The smallest absolute Gasteiger partial charge is 0.309 e. The van der Waals surface area contributed by atoms with E-state index in [0.29, 0.717) is 17.7 Å². The van der Waals surface area contributed by atoms with Crippen LogP contribution in [0.5, 0.6) is 0 Å². The normalized spacial score (nSPS) is 14.7. The van der Waals surface area contributed by atoms with Crippen LogP contribution in [0.25, 0.3) is 11.3 Å². The number of aromatic nitrogens is 1. The lowest BCUT2D eigenvalue weighted by Gasteiger charge is -2.22. The maximum Gasteiger partial charge on any atom is 0.309 e. The first-order valence-electron chi connectivity index (χ1n) is 11.0. The van der Waals surface area contributed by atoms with Gasteiger partial charge in [-0.2, -0.15) is 0 Å². The second kappa shape index (κ2) is 10.1.